The fraction of sp³-hybridized carbons (Fsp3) is 0.360. The Morgan fingerprint density at radius 1 is 1.08 bits per heavy atom. The molecule has 0 aromatic heterocycles. The SMILES string of the molecule is COCCCN1C(=O)C(=O)/C(=C(\O)c2ccc(S(=O)(=O)N3CCOCC3)cc2)C1c1ccc(F)cc1. The molecule has 1 N–H and O–H groups in total. The van der Waals surface area contributed by atoms with E-state index < -0.39 is 39.3 Å². The first-order chi connectivity index (χ1) is 17.3. The topological polar surface area (TPSA) is 113 Å². The monoisotopic (exact) mass is 518 g/mol. The minimum Gasteiger partial charge on any atom is -0.507 e. The molecule has 2 saturated heterocycles. The Bertz CT molecular complexity index is 1250. The van der Waals surface area contributed by atoms with Crippen LogP contribution in [0, 0.1) is 5.82 Å². The van der Waals surface area contributed by atoms with Crippen LogP contribution in [0.15, 0.2) is 59.0 Å². The molecular weight excluding hydrogens is 491 g/mol. The van der Waals surface area contributed by atoms with Gasteiger partial charge in [-0.05, 0) is 48.4 Å². The fourth-order valence-electron chi connectivity index (χ4n) is 4.36. The number of ether oxygens (including phenoxy) is 2. The maximum Gasteiger partial charge on any atom is 0.295 e. The molecule has 4 rings (SSSR count). The lowest BCUT2D eigenvalue weighted by molar-refractivity contribution is -0.140. The Morgan fingerprint density at radius 3 is 2.33 bits per heavy atom. The molecule has 0 aliphatic carbocycles. The molecular formula is C25H27FN2O7S. The van der Waals surface area contributed by atoms with Crippen LogP contribution in [0.3, 0.4) is 0 Å². The van der Waals surface area contributed by atoms with E-state index in [0.717, 1.165) is 0 Å². The number of carbonyl (C=O) groups excluding carboxylic acids is 2. The molecule has 0 radical (unpaired) electrons. The zero-order valence-corrected chi connectivity index (χ0v) is 20.5. The van der Waals surface area contributed by atoms with Crippen molar-refractivity contribution >= 4 is 27.5 Å². The molecule has 2 aliphatic rings. The molecule has 9 nitrogen and oxygen atoms in total. The molecule has 36 heavy (non-hydrogen) atoms. The number of aliphatic hydroxyl groups is 1. The molecule has 192 valence electrons. The average molecular weight is 519 g/mol. The Labute approximate surface area is 208 Å². The zero-order chi connectivity index (χ0) is 25.9. The summed E-state index contributed by atoms with van der Waals surface area (Å²) in [7, 11) is -2.22. The van der Waals surface area contributed by atoms with Crippen LogP contribution in [-0.4, -0.2) is 81.0 Å². The summed E-state index contributed by atoms with van der Waals surface area (Å²) >= 11 is 0. The molecule has 0 bridgehead atoms. The third kappa shape index (κ3) is 5.05. The van der Waals surface area contributed by atoms with Gasteiger partial charge >= 0.3 is 0 Å². The molecule has 1 amide bonds. The van der Waals surface area contributed by atoms with E-state index in [-0.39, 0.29) is 35.7 Å². The number of ketones is 1. The standard InChI is InChI=1S/C25H27FN2O7S/c1-34-14-2-11-28-22(17-3-7-19(26)8-4-17)21(24(30)25(28)31)23(29)18-5-9-20(10-6-18)36(32,33)27-12-15-35-16-13-27/h3-10,22,29H,2,11-16H2,1H3/b23-21-. The summed E-state index contributed by atoms with van der Waals surface area (Å²) in [5.41, 5.74) is 0.492. The van der Waals surface area contributed by atoms with Crippen molar-refractivity contribution in [2.24, 2.45) is 0 Å². The highest BCUT2D eigenvalue weighted by Gasteiger charge is 2.45. The first-order valence-electron chi connectivity index (χ1n) is 11.5. The van der Waals surface area contributed by atoms with Crippen LogP contribution in [0.2, 0.25) is 0 Å². The molecule has 1 unspecified atom stereocenters. The smallest absolute Gasteiger partial charge is 0.295 e. The fourth-order valence-corrected chi connectivity index (χ4v) is 5.77. The normalized spacial score (nSPS) is 20.7. The predicted octanol–water partition coefficient (Wildman–Crippen LogP) is 2.30. The van der Waals surface area contributed by atoms with E-state index in [1.54, 1.807) is 0 Å². The molecule has 2 heterocycles. The number of amides is 1. The van der Waals surface area contributed by atoms with Crippen molar-refractivity contribution in [1.29, 1.82) is 0 Å². The van der Waals surface area contributed by atoms with Gasteiger partial charge in [0.15, 0.2) is 0 Å². The number of hydrogen-bond acceptors (Lipinski definition) is 7. The third-order valence-electron chi connectivity index (χ3n) is 6.21. The second kappa shape index (κ2) is 10.9. The maximum absolute atomic E-state index is 13.6. The van der Waals surface area contributed by atoms with Gasteiger partial charge in [-0.2, -0.15) is 4.31 Å². The van der Waals surface area contributed by atoms with Gasteiger partial charge in [0.05, 0.1) is 29.7 Å². The van der Waals surface area contributed by atoms with Crippen LogP contribution < -0.4 is 0 Å². The predicted molar refractivity (Wildman–Crippen MR) is 128 cm³/mol. The highest BCUT2D eigenvalue weighted by atomic mass is 32.2. The summed E-state index contributed by atoms with van der Waals surface area (Å²) < 4.78 is 51.0. The molecule has 2 aromatic rings. The average Bonchev–Trinajstić information content (AvgIpc) is 3.14. The van der Waals surface area contributed by atoms with Crippen molar-refractivity contribution in [3.63, 3.8) is 0 Å². The van der Waals surface area contributed by atoms with Gasteiger partial charge in [-0.3, -0.25) is 9.59 Å². The van der Waals surface area contributed by atoms with Crippen molar-refractivity contribution in [3.8, 4) is 0 Å². The van der Waals surface area contributed by atoms with Gasteiger partial charge in [0.1, 0.15) is 11.6 Å². The minimum absolute atomic E-state index is 0.0380. The first kappa shape index (κ1) is 26.0. The molecule has 2 aromatic carbocycles. The summed E-state index contributed by atoms with van der Waals surface area (Å²) in [5.74, 6) is -2.57. The lowest BCUT2D eigenvalue weighted by Crippen LogP contribution is -2.40. The summed E-state index contributed by atoms with van der Waals surface area (Å²) in [6.45, 7) is 1.66. The van der Waals surface area contributed by atoms with E-state index >= 15 is 0 Å². The number of benzene rings is 2. The largest absolute Gasteiger partial charge is 0.507 e. The van der Waals surface area contributed by atoms with Crippen LogP contribution in [0.5, 0.6) is 0 Å². The molecule has 11 heteroatoms. The highest BCUT2D eigenvalue weighted by Crippen LogP contribution is 2.39. The van der Waals surface area contributed by atoms with Crippen molar-refractivity contribution in [2.45, 2.75) is 17.4 Å². The maximum atomic E-state index is 13.6. The Morgan fingerprint density at radius 2 is 1.72 bits per heavy atom. The number of likely N-dealkylation sites (tertiary alicyclic amines) is 1. The molecule has 0 saturated carbocycles. The minimum atomic E-state index is -3.74. The number of morpholine rings is 1. The van der Waals surface area contributed by atoms with Crippen LogP contribution in [0.1, 0.15) is 23.6 Å². The van der Waals surface area contributed by atoms with E-state index in [4.69, 9.17) is 9.47 Å². The van der Waals surface area contributed by atoms with Crippen LogP contribution in [0.25, 0.3) is 5.76 Å². The van der Waals surface area contributed by atoms with E-state index in [0.29, 0.717) is 31.8 Å². The second-order valence-electron chi connectivity index (χ2n) is 8.43. The third-order valence-corrected chi connectivity index (χ3v) is 8.12. The Kier molecular flexibility index (Phi) is 7.84. The molecule has 2 fully saturated rings. The summed E-state index contributed by atoms with van der Waals surface area (Å²) in [6, 6.07) is 9.90. The van der Waals surface area contributed by atoms with Crippen LogP contribution >= 0.6 is 0 Å². The van der Waals surface area contributed by atoms with Gasteiger partial charge in [0.25, 0.3) is 11.7 Å². The van der Waals surface area contributed by atoms with Crippen molar-refractivity contribution in [2.75, 3.05) is 46.6 Å². The Balaban J connectivity index is 1.71. The summed E-state index contributed by atoms with van der Waals surface area (Å²) in [6.07, 6.45) is 0.454. The lowest BCUT2D eigenvalue weighted by atomic mass is 9.95. The number of aliphatic hydroxyl groups excluding tert-OH is 1. The molecule has 2 aliphatic heterocycles. The van der Waals surface area contributed by atoms with E-state index in [2.05, 4.69) is 0 Å². The van der Waals surface area contributed by atoms with Crippen molar-refractivity contribution in [3.05, 3.63) is 71.0 Å². The van der Waals surface area contributed by atoms with Crippen LogP contribution in [0.4, 0.5) is 4.39 Å². The van der Waals surface area contributed by atoms with Gasteiger partial charge in [-0.15, -0.1) is 0 Å². The number of halogens is 1. The number of carbonyl (C=O) groups is 2. The van der Waals surface area contributed by atoms with E-state index in [1.807, 2.05) is 0 Å². The number of nitrogens with zero attached hydrogens (tertiary/aromatic N) is 2. The van der Waals surface area contributed by atoms with Crippen molar-refractivity contribution in [1.82, 2.24) is 9.21 Å². The number of rotatable bonds is 8. The highest BCUT2D eigenvalue weighted by molar-refractivity contribution is 7.89. The lowest BCUT2D eigenvalue weighted by Gasteiger charge is -2.26. The van der Waals surface area contributed by atoms with Gasteiger partial charge in [0, 0.05) is 38.9 Å². The second-order valence-corrected chi connectivity index (χ2v) is 10.4. The van der Waals surface area contributed by atoms with Gasteiger partial charge in [0.2, 0.25) is 10.0 Å². The summed E-state index contributed by atoms with van der Waals surface area (Å²) in [5, 5.41) is 11.1. The van der Waals surface area contributed by atoms with Gasteiger partial charge in [-0.1, -0.05) is 12.1 Å². The van der Waals surface area contributed by atoms with E-state index in [9.17, 15) is 27.5 Å². The van der Waals surface area contributed by atoms with Gasteiger partial charge < -0.3 is 19.5 Å². The van der Waals surface area contributed by atoms with Crippen LogP contribution in [-0.2, 0) is 29.1 Å². The summed E-state index contributed by atoms with van der Waals surface area (Å²) in [4.78, 5) is 27.3. The van der Waals surface area contributed by atoms with Gasteiger partial charge in [-0.25, -0.2) is 12.8 Å². The number of sulfonamides is 1. The van der Waals surface area contributed by atoms with Crippen molar-refractivity contribution < 1.29 is 37.0 Å². The molecule has 1 atom stereocenters. The quantitative estimate of drug-likeness (QED) is 0.247. The first-order valence-corrected chi connectivity index (χ1v) is 12.9. The Hall–Kier alpha value is -3.12. The zero-order valence-electron chi connectivity index (χ0n) is 19.7. The number of hydrogen-bond donors (Lipinski definition) is 1. The number of Topliss-reactive ketones (excluding diaryl/α,β-unsaturated/α-hetero) is 1. The number of methoxy groups -OCH3 is 1. The van der Waals surface area contributed by atoms with E-state index in [1.165, 1.54) is 64.8 Å². The molecule has 0 spiro atoms.